The van der Waals surface area contributed by atoms with Gasteiger partial charge in [0.1, 0.15) is 5.82 Å². The standard InChI is InChI=1S/C24H28N4OS/c1-3-21(20-12-8-5-9-13-20)23(29)28-15-14-27(17-18(28)2)24-25-22(26-30-24)16-19-10-6-4-7-11-19/h4-13,18,21H,3,14-17H2,1-2H3/t18-,21-/m0/s1. The minimum Gasteiger partial charge on any atom is -0.343 e. The fraction of sp³-hybridized carbons (Fsp3) is 0.375. The Labute approximate surface area is 182 Å². The van der Waals surface area contributed by atoms with Gasteiger partial charge in [-0.05, 0) is 24.5 Å². The highest BCUT2D eigenvalue weighted by atomic mass is 32.1. The summed E-state index contributed by atoms with van der Waals surface area (Å²) in [4.78, 5) is 22.3. The van der Waals surface area contributed by atoms with Crippen LogP contribution in [-0.4, -0.2) is 45.8 Å². The Morgan fingerprint density at radius 2 is 1.80 bits per heavy atom. The van der Waals surface area contributed by atoms with Gasteiger partial charge in [0, 0.05) is 43.6 Å². The quantitative estimate of drug-likeness (QED) is 0.595. The average Bonchev–Trinajstić information content (AvgIpc) is 3.24. The molecule has 156 valence electrons. The van der Waals surface area contributed by atoms with Crippen LogP contribution in [0, 0.1) is 0 Å². The minimum absolute atomic E-state index is 0.0702. The highest BCUT2D eigenvalue weighted by molar-refractivity contribution is 7.09. The molecule has 0 radical (unpaired) electrons. The van der Waals surface area contributed by atoms with Crippen LogP contribution >= 0.6 is 11.5 Å². The van der Waals surface area contributed by atoms with E-state index >= 15 is 0 Å². The zero-order valence-corrected chi connectivity index (χ0v) is 18.4. The Kier molecular flexibility index (Phi) is 6.43. The molecule has 0 unspecified atom stereocenters. The van der Waals surface area contributed by atoms with Gasteiger partial charge in [0.25, 0.3) is 0 Å². The summed E-state index contributed by atoms with van der Waals surface area (Å²) in [6, 6.07) is 20.6. The lowest BCUT2D eigenvalue weighted by Gasteiger charge is -2.41. The molecule has 0 spiro atoms. The molecule has 0 aliphatic carbocycles. The summed E-state index contributed by atoms with van der Waals surface area (Å²) < 4.78 is 4.56. The second-order valence-corrected chi connectivity index (χ2v) is 8.58. The summed E-state index contributed by atoms with van der Waals surface area (Å²) in [7, 11) is 0. The van der Waals surface area contributed by atoms with Gasteiger partial charge < -0.3 is 9.80 Å². The lowest BCUT2D eigenvalue weighted by Crippen LogP contribution is -2.55. The fourth-order valence-electron chi connectivity index (χ4n) is 4.12. The van der Waals surface area contributed by atoms with Crippen molar-refractivity contribution < 1.29 is 4.79 Å². The van der Waals surface area contributed by atoms with Crippen molar-refractivity contribution >= 4 is 22.6 Å². The van der Waals surface area contributed by atoms with Crippen molar-refractivity contribution in [3.8, 4) is 0 Å². The zero-order valence-electron chi connectivity index (χ0n) is 17.6. The number of carbonyl (C=O) groups excluding carboxylic acids is 1. The molecule has 30 heavy (non-hydrogen) atoms. The molecule has 1 fully saturated rings. The molecule has 3 aromatic rings. The summed E-state index contributed by atoms with van der Waals surface area (Å²) in [6.07, 6.45) is 1.57. The number of benzene rings is 2. The molecule has 0 N–H and O–H groups in total. The van der Waals surface area contributed by atoms with E-state index in [0.717, 1.165) is 49.0 Å². The largest absolute Gasteiger partial charge is 0.343 e. The Morgan fingerprint density at radius 3 is 2.47 bits per heavy atom. The molecule has 5 nitrogen and oxygen atoms in total. The van der Waals surface area contributed by atoms with Crippen LogP contribution in [-0.2, 0) is 11.2 Å². The van der Waals surface area contributed by atoms with E-state index in [1.807, 2.05) is 41.3 Å². The summed E-state index contributed by atoms with van der Waals surface area (Å²) in [5, 5.41) is 0.954. The number of aromatic nitrogens is 2. The van der Waals surface area contributed by atoms with E-state index in [9.17, 15) is 4.79 Å². The predicted molar refractivity (Wildman–Crippen MR) is 122 cm³/mol. The van der Waals surface area contributed by atoms with Crippen LogP contribution in [0.15, 0.2) is 60.7 Å². The first-order valence-electron chi connectivity index (χ1n) is 10.6. The number of carbonyl (C=O) groups is 1. The number of nitrogens with zero attached hydrogens (tertiary/aromatic N) is 4. The monoisotopic (exact) mass is 420 g/mol. The number of rotatable bonds is 6. The highest BCUT2D eigenvalue weighted by Crippen LogP contribution is 2.27. The van der Waals surface area contributed by atoms with Crippen molar-refractivity contribution in [3.63, 3.8) is 0 Å². The van der Waals surface area contributed by atoms with Gasteiger partial charge in [0.15, 0.2) is 0 Å². The van der Waals surface area contributed by atoms with Crippen molar-refractivity contribution in [2.75, 3.05) is 24.5 Å². The lowest BCUT2D eigenvalue weighted by atomic mass is 9.94. The molecule has 1 aliphatic rings. The smallest absolute Gasteiger partial charge is 0.230 e. The number of hydrogen-bond donors (Lipinski definition) is 0. The molecule has 0 saturated carbocycles. The Balaban J connectivity index is 1.40. The van der Waals surface area contributed by atoms with Crippen LogP contribution in [0.4, 0.5) is 5.13 Å². The van der Waals surface area contributed by atoms with Crippen molar-refractivity contribution in [1.82, 2.24) is 14.3 Å². The van der Waals surface area contributed by atoms with E-state index in [1.54, 1.807) is 0 Å². The molecule has 2 heterocycles. The van der Waals surface area contributed by atoms with Crippen LogP contribution in [0.25, 0.3) is 0 Å². The van der Waals surface area contributed by atoms with Crippen LogP contribution in [0.2, 0.25) is 0 Å². The molecular formula is C24H28N4OS. The maximum absolute atomic E-state index is 13.3. The first-order valence-corrected chi connectivity index (χ1v) is 11.4. The van der Waals surface area contributed by atoms with Gasteiger partial charge in [-0.3, -0.25) is 4.79 Å². The molecular weight excluding hydrogens is 392 g/mol. The molecule has 6 heteroatoms. The van der Waals surface area contributed by atoms with E-state index in [0.29, 0.717) is 0 Å². The van der Waals surface area contributed by atoms with E-state index in [1.165, 1.54) is 17.1 Å². The zero-order chi connectivity index (χ0) is 20.9. The van der Waals surface area contributed by atoms with Gasteiger partial charge in [-0.1, -0.05) is 67.6 Å². The summed E-state index contributed by atoms with van der Waals surface area (Å²) in [5.41, 5.74) is 2.33. The van der Waals surface area contributed by atoms with Crippen molar-refractivity contribution in [3.05, 3.63) is 77.6 Å². The molecule has 1 aromatic heterocycles. The molecule has 0 bridgehead atoms. The third kappa shape index (κ3) is 4.54. The molecule has 2 aromatic carbocycles. The highest BCUT2D eigenvalue weighted by Gasteiger charge is 2.32. The van der Waals surface area contributed by atoms with Crippen molar-refractivity contribution in [2.45, 2.75) is 38.6 Å². The van der Waals surface area contributed by atoms with E-state index in [2.05, 4.69) is 47.4 Å². The average molecular weight is 421 g/mol. The van der Waals surface area contributed by atoms with Gasteiger partial charge in [-0.25, -0.2) is 4.98 Å². The van der Waals surface area contributed by atoms with Crippen LogP contribution in [0.3, 0.4) is 0 Å². The maximum atomic E-state index is 13.3. The molecule has 1 amide bonds. The summed E-state index contributed by atoms with van der Waals surface area (Å²) >= 11 is 1.46. The van der Waals surface area contributed by atoms with Crippen LogP contribution in [0.5, 0.6) is 0 Å². The second kappa shape index (κ2) is 9.39. The first kappa shape index (κ1) is 20.5. The normalized spacial score (nSPS) is 17.7. The SMILES string of the molecule is CC[C@H](C(=O)N1CCN(c2nc(Cc3ccccc3)ns2)C[C@@H]1C)c1ccccc1. The Hall–Kier alpha value is -2.73. The van der Waals surface area contributed by atoms with E-state index in [-0.39, 0.29) is 17.9 Å². The van der Waals surface area contributed by atoms with Gasteiger partial charge >= 0.3 is 0 Å². The number of hydrogen-bond acceptors (Lipinski definition) is 5. The van der Waals surface area contributed by atoms with Gasteiger partial charge in [-0.15, -0.1) is 0 Å². The molecule has 1 saturated heterocycles. The Bertz CT molecular complexity index is 960. The predicted octanol–water partition coefficient (Wildman–Crippen LogP) is 4.36. The number of amides is 1. The number of anilines is 1. The van der Waals surface area contributed by atoms with Gasteiger partial charge in [0.2, 0.25) is 11.0 Å². The molecule has 1 aliphatic heterocycles. The van der Waals surface area contributed by atoms with Crippen molar-refractivity contribution in [1.29, 1.82) is 0 Å². The lowest BCUT2D eigenvalue weighted by molar-refractivity contribution is -0.135. The topological polar surface area (TPSA) is 49.3 Å². The number of piperazine rings is 1. The third-order valence-corrected chi connectivity index (χ3v) is 6.57. The van der Waals surface area contributed by atoms with Crippen LogP contribution in [0.1, 0.15) is 43.1 Å². The van der Waals surface area contributed by atoms with Crippen LogP contribution < -0.4 is 4.90 Å². The fourth-order valence-corrected chi connectivity index (χ4v) is 4.84. The van der Waals surface area contributed by atoms with E-state index < -0.39 is 0 Å². The van der Waals surface area contributed by atoms with Gasteiger partial charge in [-0.2, -0.15) is 4.37 Å². The van der Waals surface area contributed by atoms with Crippen molar-refractivity contribution in [2.24, 2.45) is 0 Å². The molecule has 4 rings (SSSR count). The summed E-state index contributed by atoms with van der Waals surface area (Å²) in [5.74, 6) is 1.03. The third-order valence-electron chi connectivity index (χ3n) is 5.75. The minimum atomic E-state index is -0.0702. The maximum Gasteiger partial charge on any atom is 0.230 e. The second-order valence-electron chi connectivity index (χ2n) is 7.85. The first-order chi connectivity index (χ1) is 14.7. The van der Waals surface area contributed by atoms with E-state index in [4.69, 9.17) is 4.98 Å². The van der Waals surface area contributed by atoms with Gasteiger partial charge in [0.05, 0.1) is 5.92 Å². The Morgan fingerprint density at radius 1 is 1.10 bits per heavy atom. The molecule has 2 atom stereocenters. The summed E-state index contributed by atoms with van der Waals surface area (Å²) in [6.45, 7) is 6.52.